The Morgan fingerprint density at radius 3 is 2.35 bits per heavy atom. The van der Waals surface area contributed by atoms with E-state index >= 15 is 0 Å². The lowest BCUT2D eigenvalue weighted by atomic mass is 10.1. The zero-order valence-corrected chi connectivity index (χ0v) is 11.3. The van der Waals surface area contributed by atoms with Crippen LogP contribution in [-0.2, 0) is 14.8 Å². The minimum atomic E-state index is -3.09. The van der Waals surface area contributed by atoms with Gasteiger partial charge >= 0.3 is 5.97 Å². The maximum absolute atomic E-state index is 11.4. The largest absolute Gasteiger partial charge is 0.481 e. The van der Waals surface area contributed by atoms with Crippen LogP contribution in [-0.4, -0.2) is 31.8 Å². The zero-order valence-electron chi connectivity index (χ0n) is 10.4. The SMILES string of the molecule is CCCCS(=O)(=O)NCCCCCCC(=O)O. The molecule has 0 heterocycles. The molecule has 17 heavy (non-hydrogen) atoms. The van der Waals surface area contributed by atoms with Gasteiger partial charge in [0.05, 0.1) is 5.75 Å². The quantitative estimate of drug-likeness (QED) is 0.557. The molecule has 0 aromatic carbocycles. The summed E-state index contributed by atoms with van der Waals surface area (Å²) in [6.07, 6.45) is 4.89. The number of carboxylic acid groups (broad SMARTS) is 1. The Morgan fingerprint density at radius 2 is 1.76 bits per heavy atom. The molecule has 0 rings (SSSR count). The summed E-state index contributed by atoms with van der Waals surface area (Å²) in [7, 11) is -3.09. The second kappa shape index (κ2) is 9.41. The summed E-state index contributed by atoms with van der Waals surface area (Å²) in [6.45, 7) is 2.41. The molecule has 102 valence electrons. The van der Waals surface area contributed by atoms with Crippen LogP contribution in [0.1, 0.15) is 51.9 Å². The third kappa shape index (κ3) is 11.6. The number of carbonyl (C=O) groups is 1. The fourth-order valence-corrected chi connectivity index (χ4v) is 2.66. The standard InChI is InChI=1S/C11H23NO4S/c1-2-3-10-17(15,16)12-9-7-5-4-6-8-11(13)14/h12H,2-10H2,1H3,(H,13,14). The summed E-state index contributed by atoms with van der Waals surface area (Å²) in [5.41, 5.74) is 0. The first-order valence-electron chi connectivity index (χ1n) is 6.17. The van der Waals surface area contributed by atoms with Crippen molar-refractivity contribution in [3.63, 3.8) is 0 Å². The van der Waals surface area contributed by atoms with Gasteiger partial charge in [0.2, 0.25) is 10.0 Å². The van der Waals surface area contributed by atoms with Gasteiger partial charge in [0.25, 0.3) is 0 Å². The van der Waals surface area contributed by atoms with E-state index in [2.05, 4.69) is 4.72 Å². The minimum Gasteiger partial charge on any atom is -0.481 e. The van der Waals surface area contributed by atoms with Crippen LogP contribution in [0.25, 0.3) is 0 Å². The number of aliphatic carboxylic acids is 1. The Labute approximate surface area is 104 Å². The lowest BCUT2D eigenvalue weighted by Gasteiger charge is -2.05. The summed E-state index contributed by atoms with van der Waals surface area (Å²) in [6, 6.07) is 0. The molecule has 0 aliphatic rings. The Kier molecular flexibility index (Phi) is 9.07. The van der Waals surface area contributed by atoms with Gasteiger partial charge in [-0.3, -0.25) is 4.79 Å². The van der Waals surface area contributed by atoms with Gasteiger partial charge in [-0.25, -0.2) is 13.1 Å². The smallest absolute Gasteiger partial charge is 0.303 e. The van der Waals surface area contributed by atoms with Crippen molar-refractivity contribution in [2.24, 2.45) is 0 Å². The second-order valence-corrected chi connectivity index (χ2v) is 6.05. The number of sulfonamides is 1. The van der Waals surface area contributed by atoms with Gasteiger partial charge in [0.15, 0.2) is 0 Å². The number of hydrogen-bond acceptors (Lipinski definition) is 3. The van der Waals surface area contributed by atoms with Crippen molar-refractivity contribution in [3.05, 3.63) is 0 Å². The predicted molar refractivity (Wildman–Crippen MR) is 67.4 cm³/mol. The average molecular weight is 265 g/mol. The molecule has 0 bridgehead atoms. The summed E-state index contributed by atoms with van der Waals surface area (Å²) < 4.78 is 25.3. The fourth-order valence-electron chi connectivity index (χ4n) is 1.39. The van der Waals surface area contributed by atoms with E-state index in [1.807, 2.05) is 6.92 Å². The highest BCUT2D eigenvalue weighted by atomic mass is 32.2. The minimum absolute atomic E-state index is 0.197. The normalized spacial score (nSPS) is 11.6. The number of rotatable bonds is 11. The average Bonchev–Trinajstić information content (AvgIpc) is 2.24. The van der Waals surface area contributed by atoms with Crippen molar-refractivity contribution >= 4 is 16.0 Å². The molecule has 5 nitrogen and oxygen atoms in total. The monoisotopic (exact) mass is 265 g/mol. The zero-order chi connectivity index (χ0) is 13.1. The lowest BCUT2D eigenvalue weighted by Crippen LogP contribution is -2.27. The number of hydrogen-bond donors (Lipinski definition) is 2. The molecule has 0 aromatic heterocycles. The van der Waals surface area contributed by atoms with Crippen molar-refractivity contribution in [1.29, 1.82) is 0 Å². The topological polar surface area (TPSA) is 83.5 Å². The second-order valence-electron chi connectivity index (χ2n) is 4.12. The lowest BCUT2D eigenvalue weighted by molar-refractivity contribution is -0.137. The molecule has 0 amide bonds. The summed E-state index contributed by atoms with van der Waals surface area (Å²) in [5.74, 6) is -0.576. The van der Waals surface area contributed by atoms with E-state index < -0.39 is 16.0 Å². The molecule has 0 aromatic rings. The molecule has 6 heteroatoms. The fraction of sp³-hybridized carbons (Fsp3) is 0.909. The highest BCUT2D eigenvalue weighted by Crippen LogP contribution is 2.02. The van der Waals surface area contributed by atoms with E-state index in [0.29, 0.717) is 19.4 Å². The maximum atomic E-state index is 11.4. The van der Waals surface area contributed by atoms with Crippen molar-refractivity contribution in [1.82, 2.24) is 4.72 Å². The van der Waals surface area contributed by atoms with E-state index in [0.717, 1.165) is 25.7 Å². The molecule has 2 N–H and O–H groups in total. The molecule has 0 unspecified atom stereocenters. The van der Waals surface area contributed by atoms with Crippen molar-refractivity contribution in [2.75, 3.05) is 12.3 Å². The summed E-state index contributed by atoms with van der Waals surface area (Å²) >= 11 is 0. The molecule has 0 fully saturated rings. The van der Waals surface area contributed by atoms with Crippen molar-refractivity contribution < 1.29 is 18.3 Å². The molecule has 0 saturated heterocycles. The highest BCUT2D eigenvalue weighted by molar-refractivity contribution is 7.89. The third-order valence-corrected chi connectivity index (χ3v) is 3.88. The Balaban J connectivity index is 3.41. The first-order valence-corrected chi connectivity index (χ1v) is 7.82. The van der Waals surface area contributed by atoms with E-state index in [1.54, 1.807) is 0 Å². The number of nitrogens with one attached hydrogen (secondary N) is 1. The molecular weight excluding hydrogens is 242 g/mol. The van der Waals surface area contributed by atoms with Gasteiger partial charge in [0.1, 0.15) is 0 Å². The van der Waals surface area contributed by atoms with Crippen molar-refractivity contribution in [2.45, 2.75) is 51.9 Å². The van der Waals surface area contributed by atoms with Gasteiger partial charge in [-0.05, 0) is 19.3 Å². The Morgan fingerprint density at radius 1 is 1.12 bits per heavy atom. The van der Waals surface area contributed by atoms with Crippen LogP contribution >= 0.6 is 0 Å². The Hall–Kier alpha value is -0.620. The van der Waals surface area contributed by atoms with Gasteiger partial charge < -0.3 is 5.11 Å². The van der Waals surface area contributed by atoms with Crippen LogP contribution in [0.2, 0.25) is 0 Å². The van der Waals surface area contributed by atoms with Gasteiger partial charge in [-0.1, -0.05) is 26.2 Å². The van der Waals surface area contributed by atoms with E-state index in [-0.39, 0.29) is 12.2 Å². The van der Waals surface area contributed by atoms with E-state index in [4.69, 9.17) is 5.11 Å². The van der Waals surface area contributed by atoms with Gasteiger partial charge in [0, 0.05) is 13.0 Å². The molecular formula is C11H23NO4S. The van der Waals surface area contributed by atoms with Crippen LogP contribution in [0.4, 0.5) is 0 Å². The molecule has 0 aliphatic heterocycles. The maximum Gasteiger partial charge on any atom is 0.303 e. The number of unbranched alkanes of at least 4 members (excludes halogenated alkanes) is 4. The summed E-state index contributed by atoms with van der Waals surface area (Å²) in [5, 5.41) is 8.41. The summed E-state index contributed by atoms with van der Waals surface area (Å²) in [4.78, 5) is 10.2. The van der Waals surface area contributed by atoms with Crippen LogP contribution in [0.3, 0.4) is 0 Å². The van der Waals surface area contributed by atoms with Crippen LogP contribution in [0.5, 0.6) is 0 Å². The van der Waals surface area contributed by atoms with Crippen LogP contribution < -0.4 is 4.72 Å². The van der Waals surface area contributed by atoms with Crippen LogP contribution in [0.15, 0.2) is 0 Å². The van der Waals surface area contributed by atoms with Crippen molar-refractivity contribution in [3.8, 4) is 0 Å². The molecule has 0 saturated carbocycles. The number of carboxylic acids is 1. The van der Waals surface area contributed by atoms with E-state index in [9.17, 15) is 13.2 Å². The first kappa shape index (κ1) is 16.4. The van der Waals surface area contributed by atoms with Gasteiger partial charge in [-0.2, -0.15) is 0 Å². The molecule has 0 atom stereocenters. The Bertz CT molecular complexity index is 301. The molecule has 0 spiro atoms. The molecule has 0 radical (unpaired) electrons. The van der Waals surface area contributed by atoms with Gasteiger partial charge in [-0.15, -0.1) is 0 Å². The predicted octanol–water partition coefficient (Wildman–Crippen LogP) is 1.74. The highest BCUT2D eigenvalue weighted by Gasteiger charge is 2.07. The molecule has 0 aliphatic carbocycles. The first-order chi connectivity index (χ1) is 7.98. The third-order valence-electron chi connectivity index (χ3n) is 2.41. The van der Waals surface area contributed by atoms with E-state index in [1.165, 1.54) is 0 Å². The van der Waals surface area contributed by atoms with Crippen LogP contribution in [0, 0.1) is 0 Å².